The first-order chi connectivity index (χ1) is 7.51. The zero-order valence-corrected chi connectivity index (χ0v) is 9.03. The summed E-state index contributed by atoms with van der Waals surface area (Å²) in [5.74, 6) is -0.951. The summed E-state index contributed by atoms with van der Waals surface area (Å²) in [5, 5.41) is 28.9. The summed E-state index contributed by atoms with van der Waals surface area (Å²) in [6.45, 7) is 1.92. The van der Waals surface area contributed by atoms with Crippen molar-refractivity contribution in [3.8, 4) is 17.2 Å². The van der Waals surface area contributed by atoms with Crippen LogP contribution < -0.4 is 0 Å². The van der Waals surface area contributed by atoms with E-state index in [1.165, 1.54) is 6.07 Å². The van der Waals surface area contributed by atoms with E-state index in [2.05, 4.69) is 0 Å². The van der Waals surface area contributed by atoms with Gasteiger partial charge in [0.1, 0.15) is 0 Å². The van der Waals surface area contributed by atoms with E-state index in [4.69, 9.17) is 4.74 Å². The first-order valence-electron chi connectivity index (χ1n) is 5.46. The fourth-order valence-electron chi connectivity index (χ4n) is 2.94. The first kappa shape index (κ1) is 9.78. The van der Waals surface area contributed by atoms with Crippen LogP contribution in [-0.4, -0.2) is 21.4 Å². The van der Waals surface area contributed by atoms with Crippen LogP contribution in [0.3, 0.4) is 0 Å². The van der Waals surface area contributed by atoms with Crippen molar-refractivity contribution in [2.24, 2.45) is 0 Å². The van der Waals surface area contributed by atoms with Crippen LogP contribution in [0.2, 0.25) is 0 Å². The van der Waals surface area contributed by atoms with Crippen molar-refractivity contribution in [3.05, 3.63) is 17.2 Å². The van der Waals surface area contributed by atoms with Crippen molar-refractivity contribution in [2.45, 2.75) is 37.9 Å². The van der Waals surface area contributed by atoms with E-state index in [0.717, 1.165) is 18.4 Å². The average molecular weight is 222 g/mol. The Morgan fingerprint density at radius 3 is 2.81 bits per heavy atom. The van der Waals surface area contributed by atoms with Gasteiger partial charge >= 0.3 is 0 Å². The number of ether oxygens (including phenoxy) is 1. The minimum atomic E-state index is -0.520. The summed E-state index contributed by atoms with van der Waals surface area (Å²) in [6.07, 6.45) is 2.64. The minimum absolute atomic E-state index is 0.167. The standard InChI is InChI=1S/C12H14O4/c1-12-3-2-7(16-12)4-6-5-8(13)10(14)11(15)9(6)12/h5,7,13-15H,2-4H2,1H3/t7-,12+/m1/s1. The van der Waals surface area contributed by atoms with Gasteiger partial charge in [-0.25, -0.2) is 0 Å². The Balaban J connectivity index is 2.28. The van der Waals surface area contributed by atoms with Gasteiger partial charge in [0.05, 0.1) is 11.7 Å². The molecule has 0 aromatic heterocycles. The summed E-state index contributed by atoms with van der Waals surface area (Å²) in [4.78, 5) is 0. The van der Waals surface area contributed by atoms with E-state index in [1.807, 2.05) is 6.92 Å². The SMILES string of the molecule is C[C@]12CC[C@H](Cc3cc(O)c(O)c(O)c31)O2. The van der Waals surface area contributed by atoms with Crippen LogP contribution in [0, 0.1) is 0 Å². The van der Waals surface area contributed by atoms with Crippen LogP contribution in [0.5, 0.6) is 17.2 Å². The molecule has 1 fully saturated rings. The third-order valence-corrected chi connectivity index (χ3v) is 3.68. The Kier molecular flexibility index (Phi) is 1.73. The Morgan fingerprint density at radius 1 is 1.31 bits per heavy atom. The fourth-order valence-corrected chi connectivity index (χ4v) is 2.94. The van der Waals surface area contributed by atoms with Gasteiger partial charge in [0.15, 0.2) is 11.5 Å². The Labute approximate surface area is 93.1 Å². The number of benzene rings is 1. The second-order valence-electron chi connectivity index (χ2n) is 4.84. The lowest BCUT2D eigenvalue weighted by Gasteiger charge is -2.33. The minimum Gasteiger partial charge on any atom is -0.504 e. The lowest BCUT2D eigenvalue weighted by atomic mass is 9.87. The molecule has 0 spiro atoms. The summed E-state index contributed by atoms with van der Waals surface area (Å²) in [5.41, 5.74) is 0.994. The van der Waals surface area contributed by atoms with Crippen LogP contribution in [0.25, 0.3) is 0 Å². The maximum absolute atomic E-state index is 9.92. The van der Waals surface area contributed by atoms with Crippen LogP contribution in [-0.2, 0) is 16.8 Å². The van der Waals surface area contributed by atoms with E-state index in [1.54, 1.807) is 0 Å². The lowest BCUT2D eigenvalue weighted by molar-refractivity contribution is -0.0454. The number of rotatable bonds is 0. The number of aromatic hydroxyl groups is 3. The van der Waals surface area contributed by atoms with E-state index in [0.29, 0.717) is 12.0 Å². The predicted octanol–water partition coefficient (Wildman–Crippen LogP) is 1.75. The van der Waals surface area contributed by atoms with Crippen molar-refractivity contribution < 1.29 is 20.1 Å². The molecule has 1 saturated heterocycles. The van der Waals surface area contributed by atoms with Gasteiger partial charge < -0.3 is 20.1 Å². The quantitative estimate of drug-likeness (QED) is 0.585. The second kappa shape index (κ2) is 2.83. The van der Waals surface area contributed by atoms with Gasteiger partial charge in [0.2, 0.25) is 5.75 Å². The molecule has 0 radical (unpaired) electrons. The van der Waals surface area contributed by atoms with Gasteiger partial charge in [-0.15, -0.1) is 0 Å². The zero-order valence-electron chi connectivity index (χ0n) is 9.03. The van der Waals surface area contributed by atoms with Crippen LogP contribution in [0.1, 0.15) is 30.9 Å². The number of phenols is 3. The van der Waals surface area contributed by atoms with Crippen molar-refractivity contribution >= 4 is 0 Å². The monoisotopic (exact) mass is 222 g/mol. The summed E-state index contributed by atoms with van der Waals surface area (Å²) in [6, 6.07) is 1.53. The number of hydrogen-bond acceptors (Lipinski definition) is 4. The number of hydrogen-bond donors (Lipinski definition) is 3. The summed E-state index contributed by atoms with van der Waals surface area (Å²) >= 11 is 0. The van der Waals surface area contributed by atoms with Gasteiger partial charge in [-0.2, -0.15) is 0 Å². The molecule has 16 heavy (non-hydrogen) atoms. The van der Waals surface area contributed by atoms with Crippen LogP contribution in [0.15, 0.2) is 6.07 Å². The molecule has 4 heteroatoms. The highest BCUT2D eigenvalue weighted by Crippen LogP contribution is 2.53. The molecule has 0 unspecified atom stereocenters. The second-order valence-corrected chi connectivity index (χ2v) is 4.84. The molecule has 0 amide bonds. The van der Waals surface area contributed by atoms with Gasteiger partial charge in [-0.05, 0) is 37.8 Å². The van der Waals surface area contributed by atoms with Crippen molar-refractivity contribution in [3.63, 3.8) is 0 Å². The van der Waals surface area contributed by atoms with E-state index >= 15 is 0 Å². The van der Waals surface area contributed by atoms with Gasteiger partial charge in [0.25, 0.3) is 0 Å². The molecule has 1 aromatic carbocycles. The highest BCUT2D eigenvalue weighted by atomic mass is 16.5. The first-order valence-corrected chi connectivity index (χ1v) is 5.46. The fraction of sp³-hybridized carbons (Fsp3) is 0.500. The maximum Gasteiger partial charge on any atom is 0.200 e. The third-order valence-electron chi connectivity index (χ3n) is 3.68. The van der Waals surface area contributed by atoms with E-state index in [9.17, 15) is 15.3 Å². The van der Waals surface area contributed by atoms with Gasteiger partial charge in [-0.1, -0.05) is 0 Å². The van der Waals surface area contributed by atoms with Crippen molar-refractivity contribution in [1.29, 1.82) is 0 Å². The maximum atomic E-state index is 9.92. The molecule has 86 valence electrons. The molecule has 2 bridgehead atoms. The van der Waals surface area contributed by atoms with E-state index in [-0.39, 0.29) is 17.6 Å². The molecule has 3 N–H and O–H groups in total. The smallest absolute Gasteiger partial charge is 0.200 e. The zero-order chi connectivity index (χ0) is 11.5. The normalized spacial score (nSPS) is 31.4. The molecule has 1 aromatic rings. The Morgan fingerprint density at radius 2 is 2.06 bits per heavy atom. The van der Waals surface area contributed by atoms with Crippen molar-refractivity contribution in [1.82, 2.24) is 0 Å². The van der Waals surface area contributed by atoms with Crippen LogP contribution in [0.4, 0.5) is 0 Å². The topological polar surface area (TPSA) is 69.9 Å². The Bertz CT molecular complexity index is 469. The summed E-state index contributed by atoms with van der Waals surface area (Å²) in [7, 11) is 0. The highest BCUT2D eigenvalue weighted by molar-refractivity contribution is 5.59. The molecular formula is C12H14O4. The number of fused-ring (bicyclic) bond motifs is 4. The van der Waals surface area contributed by atoms with Gasteiger partial charge in [0, 0.05) is 5.56 Å². The van der Waals surface area contributed by atoms with E-state index < -0.39 is 11.4 Å². The van der Waals surface area contributed by atoms with Gasteiger partial charge in [-0.3, -0.25) is 0 Å². The molecule has 2 heterocycles. The largest absolute Gasteiger partial charge is 0.504 e. The molecule has 0 aliphatic carbocycles. The molecule has 3 rings (SSSR count). The lowest BCUT2D eigenvalue weighted by Crippen LogP contribution is -2.30. The Hall–Kier alpha value is -1.42. The molecule has 2 aliphatic rings. The molecule has 0 saturated carbocycles. The predicted molar refractivity (Wildman–Crippen MR) is 56.6 cm³/mol. The van der Waals surface area contributed by atoms with Crippen LogP contribution >= 0.6 is 0 Å². The molecule has 4 nitrogen and oxygen atoms in total. The summed E-state index contributed by atoms with van der Waals surface area (Å²) < 4.78 is 5.83. The molecule has 2 atom stereocenters. The number of phenolic OH excluding ortho intramolecular Hbond substituents is 3. The molecule has 2 aliphatic heterocycles. The highest BCUT2D eigenvalue weighted by Gasteiger charge is 2.45. The average Bonchev–Trinajstić information content (AvgIpc) is 2.52. The third kappa shape index (κ3) is 1.08. The molecular weight excluding hydrogens is 208 g/mol. The van der Waals surface area contributed by atoms with Crippen molar-refractivity contribution in [2.75, 3.05) is 0 Å².